The largest absolute Gasteiger partial charge is 0.391 e. The van der Waals surface area contributed by atoms with Crippen LogP contribution < -0.4 is 5.32 Å². The Bertz CT molecular complexity index is 870. The number of halogens is 1. The van der Waals surface area contributed by atoms with Crippen LogP contribution in [-0.2, 0) is 6.54 Å². The summed E-state index contributed by atoms with van der Waals surface area (Å²) in [6, 6.07) is 8.07. The van der Waals surface area contributed by atoms with Gasteiger partial charge in [0.05, 0.1) is 24.2 Å². The normalized spacial score (nSPS) is 22.5. The Balaban J connectivity index is 1.46. The van der Waals surface area contributed by atoms with Crippen molar-refractivity contribution in [1.29, 1.82) is 0 Å². The zero-order valence-corrected chi connectivity index (χ0v) is 14.2. The van der Waals surface area contributed by atoms with Gasteiger partial charge < -0.3 is 15.0 Å². The van der Waals surface area contributed by atoms with Crippen molar-refractivity contribution in [3.8, 4) is 11.3 Å². The summed E-state index contributed by atoms with van der Waals surface area (Å²) in [5.74, 6) is 0.433. The molecule has 26 heavy (non-hydrogen) atoms. The van der Waals surface area contributed by atoms with Crippen LogP contribution in [0.5, 0.6) is 0 Å². The van der Waals surface area contributed by atoms with Crippen LogP contribution in [0.25, 0.3) is 11.3 Å². The molecule has 1 fully saturated rings. The third-order valence-electron chi connectivity index (χ3n) is 4.77. The highest BCUT2D eigenvalue weighted by molar-refractivity contribution is 5.60. The SMILES string of the molecule is O[C@@H]1CC(Cn2ccnc2)C[C@H]1Nc1nccc(-c2ccccc2F)n1. The maximum absolute atomic E-state index is 14.0. The topological polar surface area (TPSA) is 75.9 Å². The number of hydrogen-bond acceptors (Lipinski definition) is 5. The third-order valence-corrected chi connectivity index (χ3v) is 4.77. The minimum Gasteiger partial charge on any atom is -0.391 e. The summed E-state index contributed by atoms with van der Waals surface area (Å²) < 4.78 is 16.0. The molecule has 0 amide bonds. The van der Waals surface area contributed by atoms with Gasteiger partial charge >= 0.3 is 0 Å². The molecule has 7 heteroatoms. The number of rotatable bonds is 5. The maximum Gasteiger partial charge on any atom is 0.223 e. The molecule has 0 spiro atoms. The second-order valence-electron chi connectivity index (χ2n) is 6.66. The van der Waals surface area contributed by atoms with Gasteiger partial charge in [0.1, 0.15) is 5.82 Å². The molecule has 0 aliphatic heterocycles. The molecular formula is C19H20FN5O. The molecule has 0 radical (unpaired) electrons. The van der Waals surface area contributed by atoms with Gasteiger partial charge in [-0.05, 0) is 37.0 Å². The molecule has 1 unspecified atom stereocenters. The van der Waals surface area contributed by atoms with Crippen LogP contribution in [0.1, 0.15) is 12.8 Å². The van der Waals surface area contributed by atoms with Gasteiger partial charge in [-0.2, -0.15) is 0 Å². The second kappa shape index (κ2) is 7.21. The highest BCUT2D eigenvalue weighted by Crippen LogP contribution is 2.29. The average molecular weight is 353 g/mol. The smallest absolute Gasteiger partial charge is 0.223 e. The van der Waals surface area contributed by atoms with Crippen molar-refractivity contribution >= 4 is 5.95 Å². The molecule has 1 aliphatic carbocycles. The van der Waals surface area contributed by atoms with Crippen LogP contribution in [0.3, 0.4) is 0 Å². The predicted octanol–water partition coefficient (Wildman–Crippen LogP) is 2.73. The van der Waals surface area contributed by atoms with E-state index in [1.165, 1.54) is 6.07 Å². The summed E-state index contributed by atoms with van der Waals surface area (Å²) in [4.78, 5) is 12.7. The Morgan fingerprint density at radius 3 is 2.88 bits per heavy atom. The van der Waals surface area contributed by atoms with E-state index in [2.05, 4.69) is 20.3 Å². The Labute approximate surface area is 150 Å². The second-order valence-corrected chi connectivity index (χ2v) is 6.66. The number of nitrogens with one attached hydrogen (secondary N) is 1. The molecule has 2 heterocycles. The molecule has 0 bridgehead atoms. The summed E-state index contributed by atoms with van der Waals surface area (Å²) in [5, 5.41) is 13.6. The van der Waals surface area contributed by atoms with E-state index in [4.69, 9.17) is 0 Å². The molecule has 4 rings (SSSR count). The van der Waals surface area contributed by atoms with Gasteiger partial charge in [0.2, 0.25) is 5.95 Å². The lowest BCUT2D eigenvalue weighted by atomic mass is 10.1. The maximum atomic E-state index is 14.0. The lowest BCUT2D eigenvalue weighted by molar-refractivity contribution is 0.166. The zero-order valence-electron chi connectivity index (χ0n) is 14.2. The lowest BCUT2D eigenvalue weighted by Crippen LogP contribution is -2.28. The van der Waals surface area contributed by atoms with Gasteiger partial charge in [-0.3, -0.25) is 0 Å². The Morgan fingerprint density at radius 1 is 1.19 bits per heavy atom. The first-order chi connectivity index (χ1) is 12.7. The number of aromatic nitrogens is 4. The van der Waals surface area contributed by atoms with Crippen molar-refractivity contribution in [2.75, 3.05) is 5.32 Å². The van der Waals surface area contributed by atoms with Crippen molar-refractivity contribution in [1.82, 2.24) is 19.5 Å². The van der Waals surface area contributed by atoms with E-state index in [0.717, 1.165) is 13.0 Å². The number of aliphatic hydroxyl groups is 1. The van der Waals surface area contributed by atoms with Crippen molar-refractivity contribution in [2.45, 2.75) is 31.5 Å². The highest BCUT2D eigenvalue weighted by atomic mass is 19.1. The minimum absolute atomic E-state index is 0.126. The highest BCUT2D eigenvalue weighted by Gasteiger charge is 2.33. The monoisotopic (exact) mass is 353 g/mol. The van der Waals surface area contributed by atoms with Gasteiger partial charge in [-0.25, -0.2) is 19.3 Å². The number of imidazole rings is 1. The fourth-order valence-corrected chi connectivity index (χ4v) is 3.53. The van der Waals surface area contributed by atoms with Crippen molar-refractivity contribution < 1.29 is 9.50 Å². The molecule has 1 aliphatic rings. The van der Waals surface area contributed by atoms with Crippen LogP contribution in [0.4, 0.5) is 10.3 Å². The summed E-state index contributed by atoms with van der Waals surface area (Å²) in [5.41, 5.74) is 0.950. The van der Waals surface area contributed by atoms with E-state index in [9.17, 15) is 9.50 Å². The molecule has 3 aromatic rings. The first-order valence-electron chi connectivity index (χ1n) is 8.67. The predicted molar refractivity (Wildman–Crippen MR) is 95.8 cm³/mol. The van der Waals surface area contributed by atoms with E-state index in [0.29, 0.717) is 29.5 Å². The van der Waals surface area contributed by atoms with Gasteiger partial charge in [-0.15, -0.1) is 0 Å². The Morgan fingerprint density at radius 2 is 2.08 bits per heavy atom. The first-order valence-corrected chi connectivity index (χ1v) is 8.67. The summed E-state index contributed by atoms with van der Waals surface area (Å²) in [6.45, 7) is 0.825. The average Bonchev–Trinajstić information content (AvgIpc) is 3.26. The molecule has 134 valence electrons. The quantitative estimate of drug-likeness (QED) is 0.738. The number of anilines is 1. The van der Waals surface area contributed by atoms with Crippen LogP contribution >= 0.6 is 0 Å². The van der Waals surface area contributed by atoms with Crippen molar-refractivity contribution in [3.63, 3.8) is 0 Å². The molecule has 0 saturated heterocycles. The van der Waals surface area contributed by atoms with Gasteiger partial charge in [0.25, 0.3) is 0 Å². The summed E-state index contributed by atoms with van der Waals surface area (Å²) in [7, 11) is 0. The van der Waals surface area contributed by atoms with Crippen molar-refractivity contribution in [3.05, 3.63) is 61.1 Å². The fourth-order valence-electron chi connectivity index (χ4n) is 3.53. The lowest BCUT2D eigenvalue weighted by Gasteiger charge is -2.16. The Hall–Kier alpha value is -2.80. The molecule has 2 N–H and O–H groups in total. The van der Waals surface area contributed by atoms with E-state index < -0.39 is 6.10 Å². The van der Waals surface area contributed by atoms with Crippen LogP contribution in [0.2, 0.25) is 0 Å². The van der Waals surface area contributed by atoms with Crippen LogP contribution in [0.15, 0.2) is 55.2 Å². The first kappa shape index (κ1) is 16.7. The molecule has 2 aromatic heterocycles. The number of hydrogen-bond donors (Lipinski definition) is 2. The standard InChI is InChI=1S/C19H20FN5O/c20-15-4-2-1-3-14(15)16-5-6-22-19(23-16)24-17-9-13(10-18(17)26)11-25-8-7-21-12-25/h1-8,12-13,17-18,26H,9-11H2,(H,22,23,24)/t13?,17-,18-/m1/s1. The zero-order chi connectivity index (χ0) is 17.9. The Kier molecular flexibility index (Phi) is 4.62. The number of benzene rings is 1. The van der Waals surface area contributed by atoms with E-state index in [1.54, 1.807) is 43.0 Å². The van der Waals surface area contributed by atoms with E-state index in [-0.39, 0.29) is 11.9 Å². The van der Waals surface area contributed by atoms with Crippen LogP contribution in [0, 0.1) is 11.7 Å². The molecule has 1 aromatic carbocycles. The molecular weight excluding hydrogens is 333 g/mol. The number of aliphatic hydroxyl groups excluding tert-OH is 1. The third kappa shape index (κ3) is 3.57. The minimum atomic E-state index is -0.468. The molecule has 3 atom stereocenters. The van der Waals surface area contributed by atoms with Gasteiger partial charge in [-0.1, -0.05) is 12.1 Å². The van der Waals surface area contributed by atoms with E-state index >= 15 is 0 Å². The summed E-state index contributed by atoms with van der Waals surface area (Å²) >= 11 is 0. The van der Waals surface area contributed by atoms with Crippen LogP contribution in [-0.4, -0.2) is 36.8 Å². The van der Waals surface area contributed by atoms with E-state index in [1.807, 2.05) is 10.8 Å². The summed E-state index contributed by atoms with van der Waals surface area (Å²) in [6.07, 6.45) is 8.12. The van der Waals surface area contributed by atoms with Crippen molar-refractivity contribution in [2.24, 2.45) is 5.92 Å². The van der Waals surface area contributed by atoms with Gasteiger partial charge in [0, 0.05) is 30.7 Å². The molecule has 6 nitrogen and oxygen atoms in total. The molecule has 1 saturated carbocycles. The fraction of sp³-hybridized carbons (Fsp3) is 0.316. The van der Waals surface area contributed by atoms with Gasteiger partial charge in [0.15, 0.2) is 0 Å². The number of nitrogens with zero attached hydrogens (tertiary/aromatic N) is 4.